The van der Waals surface area contributed by atoms with Crippen LogP contribution < -0.4 is 11.0 Å². The predicted octanol–water partition coefficient (Wildman–Crippen LogP) is 2.14. The molecule has 0 bridgehead atoms. The van der Waals surface area contributed by atoms with E-state index in [9.17, 15) is 19.8 Å². The lowest BCUT2D eigenvalue weighted by atomic mass is 10.1. The number of aliphatic hydroxyl groups is 2. The summed E-state index contributed by atoms with van der Waals surface area (Å²) in [5, 5.41) is 23.5. The van der Waals surface area contributed by atoms with Gasteiger partial charge < -0.3 is 24.7 Å². The first-order valence-corrected chi connectivity index (χ1v) is 13.4. The molecule has 1 fully saturated rings. The van der Waals surface area contributed by atoms with Gasteiger partial charge >= 0.3 is 5.69 Å². The van der Waals surface area contributed by atoms with Crippen molar-refractivity contribution in [3.63, 3.8) is 0 Å². The maximum absolute atomic E-state index is 12.6. The van der Waals surface area contributed by atoms with Crippen LogP contribution in [-0.2, 0) is 9.16 Å². The van der Waals surface area contributed by atoms with Gasteiger partial charge in [-0.2, -0.15) is 4.98 Å². The van der Waals surface area contributed by atoms with Gasteiger partial charge in [-0.1, -0.05) is 39.0 Å². The molecular formula is C22H31N3O6Si. The fraction of sp³-hybridized carbons (Fsp3) is 0.500. The van der Waals surface area contributed by atoms with Crippen LogP contribution in [0.5, 0.6) is 0 Å². The average Bonchev–Trinajstić information content (AvgIpc) is 3.00. The Labute approximate surface area is 188 Å². The van der Waals surface area contributed by atoms with Crippen LogP contribution in [-0.4, -0.2) is 58.9 Å². The Morgan fingerprint density at radius 2 is 1.84 bits per heavy atom. The summed E-state index contributed by atoms with van der Waals surface area (Å²) in [6, 6.07) is 9.98. The fourth-order valence-corrected chi connectivity index (χ4v) is 4.07. The van der Waals surface area contributed by atoms with E-state index in [1.165, 1.54) is 12.3 Å². The lowest BCUT2D eigenvalue weighted by Crippen LogP contribution is -2.44. The first-order valence-electron chi connectivity index (χ1n) is 10.5. The molecule has 1 aliphatic rings. The third-order valence-corrected chi connectivity index (χ3v) is 10.6. The van der Waals surface area contributed by atoms with E-state index in [0.717, 1.165) is 4.57 Å². The highest BCUT2D eigenvalue weighted by Crippen LogP contribution is 2.37. The molecule has 0 unspecified atom stereocenters. The number of aliphatic hydroxyl groups excluding tert-OH is 2. The number of ether oxygens (including phenoxy) is 1. The molecule has 1 aromatic heterocycles. The van der Waals surface area contributed by atoms with E-state index in [1.807, 2.05) is 0 Å². The van der Waals surface area contributed by atoms with Crippen LogP contribution in [0.25, 0.3) is 0 Å². The summed E-state index contributed by atoms with van der Waals surface area (Å²) in [4.78, 5) is 28.7. The highest BCUT2D eigenvalue weighted by Gasteiger charge is 2.46. The van der Waals surface area contributed by atoms with Crippen molar-refractivity contribution in [3.05, 3.63) is 58.6 Å². The first kappa shape index (κ1) is 24.3. The molecule has 4 atom stereocenters. The molecule has 2 heterocycles. The molecule has 1 saturated heterocycles. The summed E-state index contributed by atoms with van der Waals surface area (Å²) in [6.07, 6.45) is -3.07. The van der Waals surface area contributed by atoms with E-state index in [-0.39, 0.29) is 17.5 Å². The summed E-state index contributed by atoms with van der Waals surface area (Å²) in [6.45, 7) is 10.6. The molecule has 0 saturated carbocycles. The number of amides is 1. The Bertz CT molecular complexity index is 1000. The molecule has 0 aliphatic carbocycles. The van der Waals surface area contributed by atoms with Gasteiger partial charge in [-0.25, -0.2) is 4.79 Å². The molecule has 0 spiro atoms. The SMILES string of the molecule is CC(C)(C)[Si](C)(C)OC[C@H]1O[C@@H](n2ccc(NC(=O)c3ccccc3)nc2=O)[C@H](O)[C@@H]1O. The first-order chi connectivity index (χ1) is 14.9. The second kappa shape index (κ2) is 9.24. The van der Waals surface area contributed by atoms with Crippen molar-refractivity contribution >= 4 is 20.0 Å². The zero-order valence-corrected chi connectivity index (χ0v) is 20.0. The lowest BCUT2D eigenvalue weighted by molar-refractivity contribution is -0.0530. The largest absolute Gasteiger partial charge is 0.414 e. The van der Waals surface area contributed by atoms with Crippen LogP contribution in [0.15, 0.2) is 47.4 Å². The fourth-order valence-electron chi connectivity index (χ4n) is 3.06. The second-order valence-electron chi connectivity index (χ2n) is 9.44. The molecule has 10 heteroatoms. The Kier molecular flexibility index (Phi) is 7.01. The number of hydrogen-bond donors (Lipinski definition) is 3. The minimum Gasteiger partial charge on any atom is -0.414 e. The smallest absolute Gasteiger partial charge is 0.351 e. The van der Waals surface area contributed by atoms with Crippen LogP contribution in [0, 0.1) is 0 Å². The molecule has 3 N–H and O–H groups in total. The van der Waals surface area contributed by atoms with E-state index in [1.54, 1.807) is 30.3 Å². The Hall–Kier alpha value is -2.37. The molecule has 1 aliphatic heterocycles. The van der Waals surface area contributed by atoms with E-state index in [4.69, 9.17) is 9.16 Å². The highest BCUT2D eigenvalue weighted by molar-refractivity contribution is 6.74. The Balaban J connectivity index is 1.70. The average molecular weight is 462 g/mol. The maximum atomic E-state index is 12.6. The molecule has 1 amide bonds. The summed E-state index contributed by atoms with van der Waals surface area (Å²) in [5.41, 5.74) is -0.293. The Morgan fingerprint density at radius 1 is 1.19 bits per heavy atom. The number of carbonyl (C=O) groups is 1. The van der Waals surface area contributed by atoms with Gasteiger partial charge in [0.05, 0.1) is 6.61 Å². The van der Waals surface area contributed by atoms with Gasteiger partial charge in [0.2, 0.25) is 0 Å². The van der Waals surface area contributed by atoms with Gasteiger partial charge in [-0.3, -0.25) is 9.36 Å². The van der Waals surface area contributed by atoms with Gasteiger partial charge in [0.25, 0.3) is 5.91 Å². The van der Waals surface area contributed by atoms with Crippen LogP contribution in [0.1, 0.15) is 37.4 Å². The van der Waals surface area contributed by atoms with Gasteiger partial charge in [-0.15, -0.1) is 0 Å². The highest BCUT2D eigenvalue weighted by atomic mass is 28.4. The summed E-state index contributed by atoms with van der Waals surface area (Å²) in [5.74, 6) is -0.323. The van der Waals surface area contributed by atoms with Gasteiger partial charge in [0.1, 0.15) is 24.1 Å². The van der Waals surface area contributed by atoms with Crippen molar-refractivity contribution in [1.82, 2.24) is 9.55 Å². The van der Waals surface area contributed by atoms with E-state index >= 15 is 0 Å². The lowest BCUT2D eigenvalue weighted by Gasteiger charge is -2.37. The quantitative estimate of drug-likeness (QED) is 0.563. The number of hydrogen-bond acceptors (Lipinski definition) is 7. The summed E-state index contributed by atoms with van der Waals surface area (Å²) < 4.78 is 13.0. The molecule has 0 radical (unpaired) electrons. The number of nitrogens with one attached hydrogen (secondary N) is 1. The Morgan fingerprint density at radius 3 is 2.44 bits per heavy atom. The van der Waals surface area contributed by atoms with Crippen molar-refractivity contribution < 1.29 is 24.2 Å². The molecule has 1 aromatic carbocycles. The predicted molar refractivity (Wildman–Crippen MR) is 122 cm³/mol. The summed E-state index contributed by atoms with van der Waals surface area (Å²) >= 11 is 0. The zero-order valence-electron chi connectivity index (χ0n) is 19.0. The summed E-state index contributed by atoms with van der Waals surface area (Å²) in [7, 11) is -2.08. The number of nitrogens with zero attached hydrogens (tertiary/aromatic N) is 2. The van der Waals surface area contributed by atoms with Gasteiger partial charge in [0.15, 0.2) is 14.5 Å². The third-order valence-electron chi connectivity index (χ3n) is 6.13. The third kappa shape index (κ3) is 5.16. The molecule has 2 aromatic rings. The molecule has 174 valence electrons. The van der Waals surface area contributed by atoms with E-state index in [0.29, 0.717) is 5.56 Å². The van der Waals surface area contributed by atoms with Crippen molar-refractivity contribution in [2.75, 3.05) is 11.9 Å². The molecular weight excluding hydrogens is 430 g/mol. The number of aromatic nitrogens is 2. The minimum absolute atomic E-state index is 0.0184. The zero-order chi connectivity index (χ0) is 23.7. The van der Waals surface area contributed by atoms with Crippen LogP contribution in [0.3, 0.4) is 0 Å². The van der Waals surface area contributed by atoms with Crippen LogP contribution in [0.4, 0.5) is 5.82 Å². The van der Waals surface area contributed by atoms with Gasteiger partial charge in [-0.05, 0) is 36.3 Å². The van der Waals surface area contributed by atoms with Crippen molar-refractivity contribution in [3.8, 4) is 0 Å². The van der Waals surface area contributed by atoms with Gasteiger partial charge in [0, 0.05) is 11.8 Å². The number of anilines is 1. The van der Waals surface area contributed by atoms with Crippen molar-refractivity contribution in [1.29, 1.82) is 0 Å². The number of rotatable bonds is 6. The molecule has 32 heavy (non-hydrogen) atoms. The van der Waals surface area contributed by atoms with Crippen LogP contribution >= 0.6 is 0 Å². The van der Waals surface area contributed by atoms with E-state index in [2.05, 4.69) is 44.2 Å². The number of benzene rings is 1. The minimum atomic E-state index is -2.08. The molecule has 3 rings (SSSR count). The van der Waals surface area contributed by atoms with E-state index < -0.39 is 44.5 Å². The second-order valence-corrected chi connectivity index (χ2v) is 14.2. The topological polar surface area (TPSA) is 123 Å². The normalized spacial score (nSPS) is 23.8. The number of carbonyl (C=O) groups excluding carboxylic acids is 1. The monoisotopic (exact) mass is 461 g/mol. The van der Waals surface area contributed by atoms with Crippen LogP contribution in [0.2, 0.25) is 18.1 Å². The van der Waals surface area contributed by atoms with Crippen molar-refractivity contribution in [2.45, 2.75) is 63.4 Å². The maximum Gasteiger partial charge on any atom is 0.351 e. The molecule has 9 nitrogen and oxygen atoms in total. The van der Waals surface area contributed by atoms with Crippen molar-refractivity contribution in [2.24, 2.45) is 0 Å². The standard InChI is InChI=1S/C22H31N3O6Si/c1-22(2,3)32(4,5)30-13-15-17(26)18(27)20(31-15)25-12-11-16(24-21(25)29)23-19(28)14-9-7-6-8-10-14/h6-12,15,17-18,20,26-27H,13H2,1-5H3,(H,23,24,28,29)/t15-,17-,18-,20-/m1/s1.